The van der Waals surface area contributed by atoms with Crippen LogP contribution in [0.15, 0.2) is 60.7 Å². The highest BCUT2D eigenvalue weighted by Crippen LogP contribution is 2.19. The molecule has 6 nitrogen and oxygen atoms in total. The van der Waals surface area contributed by atoms with Crippen molar-refractivity contribution in [2.75, 3.05) is 13.2 Å². The normalized spacial score (nSPS) is 17.2. The smallest absolute Gasteiger partial charge is 0.410 e. The minimum Gasteiger partial charge on any atom is -0.445 e. The average molecular weight is 382 g/mol. The molecule has 0 aromatic heterocycles. The maximum atomic E-state index is 12.7. The molecule has 1 saturated heterocycles. The van der Waals surface area contributed by atoms with Crippen LogP contribution in [0.1, 0.15) is 24.0 Å². The monoisotopic (exact) mass is 382 g/mol. The number of aliphatic hydroxyl groups excluding tert-OH is 1. The molecule has 0 aliphatic carbocycles. The van der Waals surface area contributed by atoms with E-state index in [2.05, 4.69) is 5.32 Å². The van der Waals surface area contributed by atoms with Crippen molar-refractivity contribution in [3.8, 4) is 0 Å². The third-order valence-corrected chi connectivity index (χ3v) is 4.89. The van der Waals surface area contributed by atoms with Crippen LogP contribution >= 0.6 is 0 Å². The number of nitrogens with zero attached hydrogens (tertiary/aromatic N) is 1. The first-order valence-corrected chi connectivity index (χ1v) is 9.60. The number of aliphatic hydroxyl groups is 1. The van der Waals surface area contributed by atoms with Gasteiger partial charge in [-0.25, -0.2) is 4.79 Å². The topological polar surface area (TPSA) is 78.9 Å². The summed E-state index contributed by atoms with van der Waals surface area (Å²) in [6.45, 7) is 0.512. The van der Waals surface area contributed by atoms with Gasteiger partial charge in [0.25, 0.3) is 0 Å². The van der Waals surface area contributed by atoms with Gasteiger partial charge in [0.2, 0.25) is 5.91 Å². The summed E-state index contributed by atoms with van der Waals surface area (Å²) in [4.78, 5) is 26.7. The molecule has 2 aromatic rings. The van der Waals surface area contributed by atoms with Crippen LogP contribution < -0.4 is 5.32 Å². The lowest BCUT2D eigenvalue weighted by molar-refractivity contribution is -0.126. The lowest BCUT2D eigenvalue weighted by Crippen LogP contribution is -2.50. The molecule has 1 aliphatic heterocycles. The van der Waals surface area contributed by atoms with Crippen LogP contribution in [0.3, 0.4) is 0 Å². The summed E-state index contributed by atoms with van der Waals surface area (Å²) in [6.07, 6.45) is 1.40. The van der Waals surface area contributed by atoms with Crippen molar-refractivity contribution < 1.29 is 19.4 Å². The van der Waals surface area contributed by atoms with E-state index >= 15 is 0 Å². The summed E-state index contributed by atoms with van der Waals surface area (Å²) in [5, 5.41) is 12.5. The van der Waals surface area contributed by atoms with Gasteiger partial charge in [-0.05, 0) is 30.4 Å². The minimum absolute atomic E-state index is 0.161. The van der Waals surface area contributed by atoms with Gasteiger partial charge in [-0.15, -0.1) is 0 Å². The molecule has 2 atom stereocenters. The molecule has 0 spiro atoms. The Kier molecular flexibility index (Phi) is 7.03. The summed E-state index contributed by atoms with van der Waals surface area (Å²) in [6, 6.07) is 18.2. The molecule has 0 bridgehead atoms. The van der Waals surface area contributed by atoms with Crippen molar-refractivity contribution in [1.82, 2.24) is 10.2 Å². The van der Waals surface area contributed by atoms with Crippen LogP contribution in [0.2, 0.25) is 0 Å². The van der Waals surface area contributed by atoms with E-state index in [9.17, 15) is 14.7 Å². The number of carbonyl (C=O) groups excluding carboxylic acids is 2. The second kappa shape index (κ2) is 9.90. The maximum absolute atomic E-state index is 12.7. The van der Waals surface area contributed by atoms with E-state index in [1.807, 2.05) is 60.7 Å². The number of hydrogen-bond donors (Lipinski definition) is 2. The maximum Gasteiger partial charge on any atom is 0.410 e. The van der Waals surface area contributed by atoms with Crippen molar-refractivity contribution in [2.24, 2.45) is 0 Å². The number of ether oxygens (including phenoxy) is 1. The first kappa shape index (κ1) is 19.9. The molecule has 0 unspecified atom stereocenters. The number of benzene rings is 2. The van der Waals surface area contributed by atoms with E-state index in [4.69, 9.17) is 4.74 Å². The van der Waals surface area contributed by atoms with E-state index < -0.39 is 18.2 Å². The zero-order valence-electron chi connectivity index (χ0n) is 15.8. The molecular weight excluding hydrogens is 356 g/mol. The van der Waals surface area contributed by atoms with Gasteiger partial charge in [0, 0.05) is 6.54 Å². The number of carbonyl (C=O) groups is 2. The Labute approximate surface area is 165 Å². The van der Waals surface area contributed by atoms with Crippen molar-refractivity contribution in [3.63, 3.8) is 0 Å². The molecule has 2 amide bonds. The van der Waals surface area contributed by atoms with E-state index in [-0.39, 0.29) is 19.1 Å². The summed E-state index contributed by atoms with van der Waals surface area (Å²) in [5.74, 6) is -0.246. The molecule has 3 rings (SSSR count). The van der Waals surface area contributed by atoms with Gasteiger partial charge < -0.3 is 15.2 Å². The summed E-state index contributed by atoms with van der Waals surface area (Å²) in [7, 11) is 0. The van der Waals surface area contributed by atoms with Crippen LogP contribution in [0.4, 0.5) is 4.79 Å². The average Bonchev–Trinajstić information content (AvgIpc) is 3.23. The molecule has 1 fully saturated rings. The van der Waals surface area contributed by atoms with Crippen molar-refractivity contribution in [2.45, 2.75) is 38.0 Å². The first-order chi connectivity index (χ1) is 13.7. The van der Waals surface area contributed by atoms with Crippen molar-refractivity contribution in [1.29, 1.82) is 0 Å². The van der Waals surface area contributed by atoms with Crippen LogP contribution in [0, 0.1) is 0 Å². The van der Waals surface area contributed by atoms with Gasteiger partial charge in [-0.2, -0.15) is 0 Å². The van der Waals surface area contributed by atoms with Gasteiger partial charge >= 0.3 is 6.09 Å². The largest absolute Gasteiger partial charge is 0.445 e. The Balaban J connectivity index is 1.55. The Morgan fingerprint density at radius 1 is 1.07 bits per heavy atom. The highest BCUT2D eigenvalue weighted by Gasteiger charge is 2.35. The van der Waals surface area contributed by atoms with Gasteiger partial charge in [-0.1, -0.05) is 60.7 Å². The summed E-state index contributed by atoms with van der Waals surface area (Å²) in [5.41, 5.74) is 1.94. The predicted molar refractivity (Wildman–Crippen MR) is 106 cm³/mol. The van der Waals surface area contributed by atoms with Crippen LogP contribution in [-0.2, 0) is 22.6 Å². The fourth-order valence-electron chi connectivity index (χ4n) is 3.42. The van der Waals surface area contributed by atoms with Crippen LogP contribution in [0.5, 0.6) is 0 Å². The molecule has 6 heteroatoms. The van der Waals surface area contributed by atoms with Gasteiger partial charge in [0.15, 0.2) is 0 Å². The summed E-state index contributed by atoms with van der Waals surface area (Å²) >= 11 is 0. The molecule has 148 valence electrons. The Bertz CT molecular complexity index is 767. The van der Waals surface area contributed by atoms with E-state index in [1.165, 1.54) is 4.90 Å². The first-order valence-electron chi connectivity index (χ1n) is 9.60. The second-order valence-electron chi connectivity index (χ2n) is 6.97. The van der Waals surface area contributed by atoms with Crippen LogP contribution in [0.25, 0.3) is 0 Å². The number of rotatable bonds is 7. The Morgan fingerprint density at radius 3 is 2.36 bits per heavy atom. The quantitative estimate of drug-likeness (QED) is 0.771. The zero-order valence-corrected chi connectivity index (χ0v) is 15.8. The number of nitrogens with one attached hydrogen (secondary N) is 1. The molecule has 0 saturated carbocycles. The summed E-state index contributed by atoms with van der Waals surface area (Å²) < 4.78 is 5.38. The van der Waals surface area contributed by atoms with Gasteiger partial charge in [0.05, 0.1) is 12.6 Å². The van der Waals surface area contributed by atoms with Crippen molar-refractivity contribution >= 4 is 12.0 Å². The molecule has 0 radical (unpaired) electrons. The highest BCUT2D eigenvalue weighted by molar-refractivity contribution is 5.86. The molecule has 2 N–H and O–H groups in total. The van der Waals surface area contributed by atoms with Crippen LogP contribution in [-0.4, -0.2) is 47.2 Å². The zero-order chi connectivity index (χ0) is 19.8. The number of amides is 2. The van der Waals surface area contributed by atoms with Gasteiger partial charge in [0.1, 0.15) is 12.6 Å². The molecule has 2 aromatic carbocycles. The fraction of sp³-hybridized carbons (Fsp3) is 0.364. The molecule has 1 aliphatic rings. The third-order valence-electron chi connectivity index (χ3n) is 4.89. The van der Waals surface area contributed by atoms with E-state index in [0.717, 1.165) is 17.5 Å². The molecule has 28 heavy (non-hydrogen) atoms. The molecular formula is C22H26N2O4. The minimum atomic E-state index is -0.562. The molecule has 1 heterocycles. The lowest BCUT2D eigenvalue weighted by atomic mass is 10.1. The Hall–Kier alpha value is -2.86. The fourth-order valence-corrected chi connectivity index (χ4v) is 3.42. The highest BCUT2D eigenvalue weighted by atomic mass is 16.6. The number of likely N-dealkylation sites (tertiary alicyclic amines) is 1. The number of hydrogen-bond acceptors (Lipinski definition) is 4. The van der Waals surface area contributed by atoms with E-state index in [1.54, 1.807) is 0 Å². The third kappa shape index (κ3) is 5.33. The predicted octanol–water partition coefficient (Wildman–Crippen LogP) is 2.51. The SMILES string of the molecule is O=C(N[C@H](CO)Cc1ccccc1)[C@@H]1CCCN1C(=O)OCc1ccccc1. The standard InChI is InChI=1S/C22H26N2O4/c25-15-19(14-17-8-3-1-4-9-17)23-21(26)20-12-7-13-24(20)22(27)28-16-18-10-5-2-6-11-18/h1-6,8-11,19-20,25H,7,12-16H2,(H,23,26)/t19-,20-/m0/s1. The Morgan fingerprint density at radius 2 is 1.71 bits per heavy atom. The van der Waals surface area contributed by atoms with Gasteiger partial charge in [-0.3, -0.25) is 9.69 Å². The second-order valence-corrected chi connectivity index (χ2v) is 6.97. The lowest BCUT2D eigenvalue weighted by Gasteiger charge is -2.25. The van der Waals surface area contributed by atoms with E-state index in [0.29, 0.717) is 19.4 Å². The van der Waals surface area contributed by atoms with Crippen molar-refractivity contribution in [3.05, 3.63) is 71.8 Å².